The number of imidazole rings is 1. The highest BCUT2D eigenvalue weighted by Gasteiger charge is 2.35. The number of fused-ring (bicyclic) bond motifs is 1. The quantitative estimate of drug-likeness (QED) is 0.863. The summed E-state index contributed by atoms with van der Waals surface area (Å²) in [6.07, 6.45) is 1.34. The maximum Gasteiger partial charge on any atom is 0.228 e. The minimum Gasteiger partial charge on any atom is -0.373 e. The number of carbonyl (C=O) groups is 1. The number of para-hydroxylation sites is 2. The fourth-order valence-corrected chi connectivity index (χ4v) is 3.12. The Morgan fingerprint density at radius 3 is 3.00 bits per heavy atom. The molecule has 2 atom stereocenters. The molecule has 5 nitrogen and oxygen atoms in total. The Kier molecular flexibility index (Phi) is 4.48. The van der Waals surface area contributed by atoms with Crippen molar-refractivity contribution in [3.05, 3.63) is 42.2 Å². The Morgan fingerprint density at radius 2 is 2.26 bits per heavy atom. The van der Waals surface area contributed by atoms with Crippen LogP contribution < -0.4 is 0 Å². The average molecular weight is 313 g/mol. The third-order valence-electron chi connectivity index (χ3n) is 4.39. The van der Waals surface area contributed by atoms with E-state index in [1.54, 1.807) is 4.90 Å². The van der Waals surface area contributed by atoms with Gasteiger partial charge in [0.1, 0.15) is 5.82 Å². The second-order valence-corrected chi connectivity index (χ2v) is 6.24. The van der Waals surface area contributed by atoms with Crippen molar-refractivity contribution in [3.8, 4) is 0 Å². The number of aromatic nitrogens is 2. The van der Waals surface area contributed by atoms with Crippen LogP contribution in [0, 0.1) is 5.92 Å². The number of carbonyl (C=O) groups excluding carboxylic acids is 1. The van der Waals surface area contributed by atoms with Crippen molar-refractivity contribution in [2.45, 2.75) is 25.9 Å². The fourth-order valence-electron chi connectivity index (χ4n) is 3.12. The van der Waals surface area contributed by atoms with Crippen molar-refractivity contribution >= 4 is 16.9 Å². The fraction of sp³-hybridized carbons (Fsp3) is 0.444. The number of nitrogens with one attached hydrogen (secondary N) is 1. The largest absolute Gasteiger partial charge is 0.373 e. The van der Waals surface area contributed by atoms with E-state index in [2.05, 4.69) is 16.5 Å². The first-order valence-corrected chi connectivity index (χ1v) is 8.02. The molecule has 5 heteroatoms. The molecule has 1 saturated heterocycles. The van der Waals surface area contributed by atoms with E-state index in [1.165, 1.54) is 0 Å². The van der Waals surface area contributed by atoms with E-state index in [4.69, 9.17) is 4.74 Å². The normalized spacial score (nSPS) is 20.8. The van der Waals surface area contributed by atoms with Crippen LogP contribution in [0.5, 0.6) is 0 Å². The van der Waals surface area contributed by atoms with Gasteiger partial charge in [-0.1, -0.05) is 24.3 Å². The molecule has 1 aromatic carbocycles. The number of likely N-dealkylation sites (N-methyl/N-ethyl adjacent to an activating group) is 1. The van der Waals surface area contributed by atoms with Crippen LogP contribution in [0.1, 0.15) is 19.2 Å². The number of nitrogens with zero attached hydrogens (tertiary/aromatic N) is 2. The minimum absolute atomic E-state index is 0.104. The maximum absolute atomic E-state index is 12.6. The molecule has 0 radical (unpaired) electrons. The molecule has 0 bridgehead atoms. The Hall–Kier alpha value is -2.14. The van der Waals surface area contributed by atoms with Crippen LogP contribution in [0.4, 0.5) is 0 Å². The van der Waals surface area contributed by atoms with E-state index in [9.17, 15) is 4.79 Å². The summed E-state index contributed by atoms with van der Waals surface area (Å²) in [5.74, 6) is 0.935. The molecule has 1 aromatic heterocycles. The maximum atomic E-state index is 12.6. The summed E-state index contributed by atoms with van der Waals surface area (Å²) in [6, 6.07) is 7.95. The molecule has 2 heterocycles. The van der Waals surface area contributed by atoms with E-state index in [0.29, 0.717) is 19.6 Å². The lowest BCUT2D eigenvalue weighted by molar-refractivity contribution is -0.135. The van der Waals surface area contributed by atoms with Gasteiger partial charge in [0.05, 0.1) is 23.1 Å². The minimum atomic E-state index is -0.142. The van der Waals surface area contributed by atoms with Gasteiger partial charge in [-0.2, -0.15) is 0 Å². The lowest BCUT2D eigenvalue weighted by Gasteiger charge is -2.24. The topological polar surface area (TPSA) is 58.2 Å². The second-order valence-electron chi connectivity index (χ2n) is 6.24. The summed E-state index contributed by atoms with van der Waals surface area (Å²) in [4.78, 5) is 22.3. The molecule has 3 rings (SSSR count). The molecule has 2 aromatic rings. The molecule has 1 aliphatic rings. The highest BCUT2D eigenvalue weighted by atomic mass is 16.5. The standard InChI is InChI=1S/C18H23N3O2/c1-12(2)17-13(9-11-23-17)18(22)21(3)10-8-16-19-14-6-4-5-7-15(14)20-16/h4-7,13,17H,1,8-11H2,2-3H3,(H,19,20)/t13-,17-/m1/s1. The third kappa shape index (κ3) is 3.29. The van der Waals surface area contributed by atoms with Gasteiger partial charge in [-0.25, -0.2) is 4.98 Å². The van der Waals surface area contributed by atoms with Gasteiger partial charge >= 0.3 is 0 Å². The molecule has 1 amide bonds. The van der Waals surface area contributed by atoms with E-state index in [-0.39, 0.29) is 17.9 Å². The Balaban J connectivity index is 1.61. The molecule has 0 unspecified atom stereocenters. The summed E-state index contributed by atoms with van der Waals surface area (Å²) in [5.41, 5.74) is 2.91. The van der Waals surface area contributed by atoms with E-state index in [1.807, 2.05) is 38.2 Å². The van der Waals surface area contributed by atoms with Gasteiger partial charge in [-0.3, -0.25) is 4.79 Å². The lowest BCUT2D eigenvalue weighted by atomic mass is 9.95. The van der Waals surface area contributed by atoms with Gasteiger partial charge in [0.2, 0.25) is 5.91 Å². The zero-order valence-electron chi connectivity index (χ0n) is 13.7. The molecule has 122 valence electrons. The second kappa shape index (κ2) is 6.54. The highest BCUT2D eigenvalue weighted by molar-refractivity contribution is 5.80. The number of rotatable bonds is 5. The molecule has 1 aliphatic heterocycles. The van der Waals surface area contributed by atoms with Crippen LogP contribution >= 0.6 is 0 Å². The SMILES string of the molecule is C=C(C)[C@H]1OCC[C@H]1C(=O)N(C)CCc1nc2ccccc2[nH]1. The van der Waals surface area contributed by atoms with E-state index in [0.717, 1.165) is 28.9 Å². The molecule has 0 aliphatic carbocycles. The van der Waals surface area contributed by atoms with E-state index < -0.39 is 0 Å². The predicted molar refractivity (Wildman–Crippen MR) is 90.1 cm³/mol. The van der Waals surface area contributed by atoms with Crippen molar-refractivity contribution in [1.82, 2.24) is 14.9 Å². The number of H-pyrrole nitrogens is 1. The number of hydrogen-bond acceptors (Lipinski definition) is 3. The van der Waals surface area contributed by atoms with Crippen LogP contribution in [-0.4, -0.2) is 47.1 Å². The Morgan fingerprint density at radius 1 is 1.48 bits per heavy atom. The summed E-state index contributed by atoms with van der Waals surface area (Å²) >= 11 is 0. The van der Waals surface area contributed by atoms with Gasteiger partial charge in [-0.15, -0.1) is 0 Å². The van der Waals surface area contributed by atoms with Crippen molar-refractivity contribution in [2.75, 3.05) is 20.2 Å². The number of benzene rings is 1. The third-order valence-corrected chi connectivity index (χ3v) is 4.39. The average Bonchev–Trinajstić information content (AvgIpc) is 3.17. The van der Waals surface area contributed by atoms with Crippen LogP contribution in [-0.2, 0) is 16.0 Å². The van der Waals surface area contributed by atoms with Crippen molar-refractivity contribution in [3.63, 3.8) is 0 Å². The van der Waals surface area contributed by atoms with Crippen LogP contribution in [0.3, 0.4) is 0 Å². The van der Waals surface area contributed by atoms with Gasteiger partial charge in [0.25, 0.3) is 0 Å². The van der Waals surface area contributed by atoms with Crippen molar-refractivity contribution < 1.29 is 9.53 Å². The first-order valence-electron chi connectivity index (χ1n) is 8.02. The monoisotopic (exact) mass is 313 g/mol. The summed E-state index contributed by atoms with van der Waals surface area (Å²) in [7, 11) is 1.85. The molecular formula is C18H23N3O2. The molecule has 23 heavy (non-hydrogen) atoms. The summed E-state index contributed by atoms with van der Waals surface area (Å²) in [6.45, 7) is 7.12. The molecule has 1 fully saturated rings. The van der Waals surface area contributed by atoms with Crippen molar-refractivity contribution in [2.24, 2.45) is 5.92 Å². The van der Waals surface area contributed by atoms with Crippen molar-refractivity contribution in [1.29, 1.82) is 0 Å². The Bertz CT molecular complexity index is 689. The number of aromatic amines is 1. The Labute approximate surface area is 136 Å². The van der Waals surface area contributed by atoms with Gasteiger partial charge in [-0.05, 0) is 25.5 Å². The zero-order valence-corrected chi connectivity index (χ0v) is 13.7. The molecule has 0 spiro atoms. The smallest absolute Gasteiger partial charge is 0.228 e. The van der Waals surface area contributed by atoms with Gasteiger partial charge < -0.3 is 14.6 Å². The number of ether oxygens (including phenoxy) is 1. The predicted octanol–water partition coefficient (Wildman–Crippen LogP) is 2.54. The van der Waals surface area contributed by atoms with Crippen LogP contribution in [0.25, 0.3) is 11.0 Å². The highest BCUT2D eigenvalue weighted by Crippen LogP contribution is 2.27. The summed E-state index contributed by atoms with van der Waals surface area (Å²) in [5, 5.41) is 0. The van der Waals surface area contributed by atoms with Crippen LogP contribution in [0.2, 0.25) is 0 Å². The van der Waals surface area contributed by atoms with Gasteiger partial charge in [0.15, 0.2) is 0 Å². The molecule has 1 N–H and O–H groups in total. The molecule has 0 saturated carbocycles. The zero-order chi connectivity index (χ0) is 16.4. The lowest BCUT2D eigenvalue weighted by Crippen LogP contribution is -2.38. The number of amides is 1. The molecular weight excluding hydrogens is 290 g/mol. The first kappa shape index (κ1) is 15.7. The first-order chi connectivity index (χ1) is 11.1. The number of hydrogen-bond donors (Lipinski definition) is 1. The van der Waals surface area contributed by atoms with Gasteiger partial charge in [0, 0.05) is 26.6 Å². The van der Waals surface area contributed by atoms with Crippen LogP contribution in [0.15, 0.2) is 36.4 Å². The van der Waals surface area contributed by atoms with E-state index >= 15 is 0 Å². The summed E-state index contributed by atoms with van der Waals surface area (Å²) < 4.78 is 5.64.